The first-order valence-electron chi connectivity index (χ1n) is 10.0. The highest BCUT2D eigenvalue weighted by atomic mass is 35.5. The van der Waals surface area contributed by atoms with Gasteiger partial charge < -0.3 is 4.90 Å². The number of carbonyl (C=O) groups is 1. The Kier molecular flexibility index (Phi) is 5.39. The van der Waals surface area contributed by atoms with E-state index in [0.29, 0.717) is 25.8 Å². The molecule has 7 nitrogen and oxygen atoms in total. The number of nitrogens with zero attached hydrogens (tertiary/aromatic N) is 3. The van der Waals surface area contributed by atoms with Crippen LogP contribution in [-0.2, 0) is 21.2 Å². The maximum atomic E-state index is 13.8. The van der Waals surface area contributed by atoms with E-state index in [1.54, 1.807) is 18.2 Å². The van der Waals surface area contributed by atoms with Crippen molar-refractivity contribution in [1.29, 1.82) is 0 Å². The Bertz CT molecular complexity index is 1290. The van der Waals surface area contributed by atoms with Crippen LogP contribution >= 0.6 is 22.9 Å². The molecule has 32 heavy (non-hydrogen) atoms. The number of hydrogen-bond donors (Lipinski definition) is 1. The molecule has 168 valence electrons. The quantitative estimate of drug-likeness (QED) is 0.570. The summed E-state index contributed by atoms with van der Waals surface area (Å²) in [5.74, 6) is -0.674. The third kappa shape index (κ3) is 3.66. The summed E-state index contributed by atoms with van der Waals surface area (Å²) in [6.07, 6.45) is 1.95. The van der Waals surface area contributed by atoms with Crippen LogP contribution in [0.3, 0.4) is 0 Å². The molecule has 2 atom stereocenters. The Morgan fingerprint density at radius 3 is 2.69 bits per heavy atom. The standard InChI is InChI=1S/C21H18ClFN4O3S2.H2/c22-19-15-9-10-27(17(15)8-6-16(19)23)18-7-5-14(20(18)28)12-1-3-13(4-2-12)32(29,30)26-21-25-24-11-31-21;/h1-4,6,8,11,14,18H,5,7,9-10H2,(H,25,26);1H/t14?,18-;/m0./s1. The van der Waals surface area contributed by atoms with Crippen LogP contribution in [0.5, 0.6) is 0 Å². The molecule has 1 aromatic heterocycles. The van der Waals surface area contributed by atoms with E-state index in [-0.39, 0.29) is 34.2 Å². The lowest BCUT2D eigenvalue weighted by molar-refractivity contribution is -0.119. The number of nitrogens with one attached hydrogen (secondary N) is 1. The van der Waals surface area contributed by atoms with E-state index in [2.05, 4.69) is 14.9 Å². The van der Waals surface area contributed by atoms with Crippen molar-refractivity contribution in [1.82, 2.24) is 10.2 Å². The first-order chi connectivity index (χ1) is 15.3. The van der Waals surface area contributed by atoms with Crippen LogP contribution in [0.15, 0.2) is 46.8 Å². The van der Waals surface area contributed by atoms with Crippen LogP contribution in [0, 0.1) is 5.82 Å². The maximum absolute atomic E-state index is 13.8. The van der Waals surface area contributed by atoms with E-state index in [9.17, 15) is 17.6 Å². The number of aromatic nitrogens is 2. The van der Waals surface area contributed by atoms with Gasteiger partial charge in [-0.25, -0.2) is 12.8 Å². The zero-order chi connectivity index (χ0) is 22.5. The second kappa shape index (κ2) is 8.09. The average Bonchev–Trinajstić information content (AvgIpc) is 3.51. The molecule has 2 heterocycles. The van der Waals surface area contributed by atoms with Crippen molar-refractivity contribution in [3.63, 3.8) is 0 Å². The lowest BCUT2D eigenvalue weighted by Crippen LogP contribution is -2.38. The molecule has 11 heteroatoms. The first-order valence-corrected chi connectivity index (χ1v) is 12.8. The van der Waals surface area contributed by atoms with Gasteiger partial charge in [0.15, 0.2) is 5.78 Å². The summed E-state index contributed by atoms with van der Waals surface area (Å²) in [7, 11) is -3.78. The van der Waals surface area contributed by atoms with E-state index < -0.39 is 15.8 Å². The van der Waals surface area contributed by atoms with Crippen LogP contribution in [0.4, 0.5) is 15.2 Å². The molecule has 1 unspecified atom stereocenters. The van der Waals surface area contributed by atoms with Crippen molar-refractivity contribution >= 4 is 49.6 Å². The number of fused-ring (bicyclic) bond motifs is 1. The monoisotopic (exact) mass is 494 g/mol. The van der Waals surface area contributed by atoms with Gasteiger partial charge in [-0.3, -0.25) is 9.52 Å². The van der Waals surface area contributed by atoms with Crippen LogP contribution in [0.2, 0.25) is 5.02 Å². The minimum absolute atomic E-state index is 0. The molecule has 5 rings (SSSR count). The first kappa shape index (κ1) is 21.3. The van der Waals surface area contributed by atoms with E-state index in [0.717, 1.165) is 28.2 Å². The molecule has 1 N–H and O–H groups in total. The van der Waals surface area contributed by atoms with Gasteiger partial charge in [0, 0.05) is 19.6 Å². The Balaban J connectivity index is 0.00000259. The molecule has 3 aromatic rings. The van der Waals surface area contributed by atoms with Gasteiger partial charge in [0.25, 0.3) is 10.0 Å². The summed E-state index contributed by atoms with van der Waals surface area (Å²) in [5.41, 5.74) is 3.79. The van der Waals surface area contributed by atoms with Gasteiger partial charge in [-0.1, -0.05) is 35.1 Å². The highest BCUT2D eigenvalue weighted by Crippen LogP contribution is 2.41. The summed E-state index contributed by atoms with van der Waals surface area (Å²) < 4.78 is 41.2. The summed E-state index contributed by atoms with van der Waals surface area (Å²) in [6.45, 7) is 0.621. The van der Waals surface area contributed by atoms with Gasteiger partial charge in [-0.15, -0.1) is 10.2 Å². The highest BCUT2D eigenvalue weighted by Gasteiger charge is 2.41. The van der Waals surface area contributed by atoms with E-state index >= 15 is 0 Å². The lowest BCUT2D eigenvalue weighted by atomic mass is 9.96. The van der Waals surface area contributed by atoms with Gasteiger partial charge in [0.05, 0.1) is 16.0 Å². The molecule has 1 aliphatic carbocycles. The minimum atomic E-state index is -3.78. The topological polar surface area (TPSA) is 92.3 Å². The number of ketones is 1. The number of hydrogen-bond acceptors (Lipinski definition) is 7. The number of rotatable bonds is 5. The van der Waals surface area contributed by atoms with Crippen LogP contribution in [0.25, 0.3) is 0 Å². The minimum Gasteiger partial charge on any atom is -0.361 e. The number of anilines is 2. The van der Waals surface area contributed by atoms with Gasteiger partial charge in [-0.05, 0) is 54.7 Å². The number of carbonyl (C=O) groups excluding carboxylic acids is 1. The molecule has 0 amide bonds. The zero-order valence-electron chi connectivity index (χ0n) is 16.7. The van der Waals surface area contributed by atoms with Crippen molar-refractivity contribution in [2.75, 3.05) is 16.2 Å². The SMILES string of the molecule is O=C1C(c2ccc(S(=O)(=O)Nc3nncs3)cc2)CC[C@@H]1N1CCc2c1ccc(F)c2Cl.[HH]. The van der Waals surface area contributed by atoms with E-state index in [4.69, 9.17) is 11.6 Å². The number of Topliss-reactive ketones (excluding diaryl/α,β-unsaturated/α-hetero) is 1. The molecule has 1 fully saturated rings. The molecule has 0 bridgehead atoms. The Labute approximate surface area is 194 Å². The third-order valence-electron chi connectivity index (χ3n) is 6.03. The molecule has 2 aromatic carbocycles. The molecule has 0 saturated heterocycles. The fourth-order valence-electron chi connectivity index (χ4n) is 4.52. The van der Waals surface area contributed by atoms with Gasteiger partial charge >= 0.3 is 0 Å². The normalized spacial score (nSPS) is 20.6. The summed E-state index contributed by atoms with van der Waals surface area (Å²) in [4.78, 5) is 15.4. The highest BCUT2D eigenvalue weighted by molar-refractivity contribution is 7.93. The molecular formula is C21H20ClFN4O3S2. The predicted molar refractivity (Wildman–Crippen MR) is 123 cm³/mol. The molecule has 1 saturated carbocycles. The number of benzene rings is 2. The predicted octanol–water partition coefficient (Wildman–Crippen LogP) is 4.26. The largest absolute Gasteiger partial charge is 0.361 e. The third-order valence-corrected chi connectivity index (χ3v) is 8.53. The molecule has 0 spiro atoms. The Hall–Kier alpha value is -2.56. The van der Waals surface area contributed by atoms with Crippen molar-refractivity contribution < 1.29 is 19.0 Å². The van der Waals surface area contributed by atoms with Crippen molar-refractivity contribution in [3.05, 3.63) is 63.9 Å². The average molecular weight is 495 g/mol. The van der Waals surface area contributed by atoms with E-state index in [1.807, 2.05) is 4.90 Å². The Morgan fingerprint density at radius 2 is 1.97 bits per heavy atom. The second-order valence-corrected chi connectivity index (χ2v) is 10.7. The van der Waals surface area contributed by atoms with Crippen molar-refractivity contribution in [3.8, 4) is 0 Å². The smallest absolute Gasteiger partial charge is 0.263 e. The van der Waals surface area contributed by atoms with Gasteiger partial charge in [0.1, 0.15) is 11.3 Å². The van der Waals surface area contributed by atoms with Gasteiger partial charge in [0.2, 0.25) is 5.13 Å². The van der Waals surface area contributed by atoms with Crippen LogP contribution < -0.4 is 9.62 Å². The van der Waals surface area contributed by atoms with E-state index in [1.165, 1.54) is 23.7 Å². The van der Waals surface area contributed by atoms with Crippen LogP contribution in [-0.4, -0.2) is 37.0 Å². The molecule has 1 aliphatic heterocycles. The summed E-state index contributed by atoms with van der Waals surface area (Å²) >= 11 is 7.21. The second-order valence-electron chi connectivity index (χ2n) is 7.77. The molecule has 2 aliphatic rings. The number of sulfonamides is 1. The fourth-order valence-corrected chi connectivity index (χ4v) is 6.47. The van der Waals surface area contributed by atoms with Crippen LogP contribution in [0.1, 0.15) is 31.3 Å². The van der Waals surface area contributed by atoms with Crippen molar-refractivity contribution in [2.24, 2.45) is 0 Å². The summed E-state index contributed by atoms with van der Waals surface area (Å²) in [5, 5.41) is 7.62. The van der Waals surface area contributed by atoms with Crippen molar-refractivity contribution in [2.45, 2.75) is 36.1 Å². The molecule has 0 radical (unpaired) electrons. The lowest BCUT2D eigenvalue weighted by Gasteiger charge is -2.26. The maximum Gasteiger partial charge on any atom is 0.263 e. The summed E-state index contributed by atoms with van der Waals surface area (Å²) in [6, 6.07) is 9.08. The van der Waals surface area contributed by atoms with Gasteiger partial charge in [-0.2, -0.15) is 0 Å². The zero-order valence-corrected chi connectivity index (χ0v) is 19.1. The Morgan fingerprint density at radius 1 is 1.19 bits per heavy atom. The fraction of sp³-hybridized carbons (Fsp3) is 0.286. The number of halogens is 2. The molecular weight excluding hydrogens is 475 g/mol.